The summed E-state index contributed by atoms with van der Waals surface area (Å²) < 4.78 is 6.21. The van der Waals surface area contributed by atoms with Gasteiger partial charge in [-0.05, 0) is 62.3 Å². The summed E-state index contributed by atoms with van der Waals surface area (Å²) in [6.45, 7) is 4.45. The molecule has 2 heterocycles. The van der Waals surface area contributed by atoms with Crippen molar-refractivity contribution in [3.63, 3.8) is 0 Å². The van der Waals surface area contributed by atoms with Gasteiger partial charge in [0, 0.05) is 12.5 Å². The third-order valence-corrected chi connectivity index (χ3v) is 6.14. The van der Waals surface area contributed by atoms with E-state index in [4.69, 9.17) is 9.84 Å². The molecule has 2 fully saturated rings. The van der Waals surface area contributed by atoms with E-state index in [0.29, 0.717) is 29.6 Å². The molecule has 4 heteroatoms. The first-order valence-electron chi connectivity index (χ1n) is 10.4. The van der Waals surface area contributed by atoms with Gasteiger partial charge in [0.05, 0.1) is 17.8 Å². The average molecular weight is 360 g/mol. The number of hydrogen-bond donors (Lipinski definition) is 2. The molecule has 0 aliphatic carbocycles. The molecule has 26 heavy (non-hydrogen) atoms. The Bertz CT molecular complexity index is 571. The van der Waals surface area contributed by atoms with Crippen molar-refractivity contribution in [3.05, 3.63) is 35.4 Å². The van der Waals surface area contributed by atoms with E-state index in [-0.39, 0.29) is 0 Å². The number of carboxylic acids is 1. The summed E-state index contributed by atoms with van der Waals surface area (Å²) in [5, 5.41) is 12.7. The lowest BCUT2D eigenvalue weighted by Crippen LogP contribution is -2.36. The van der Waals surface area contributed by atoms with Crippen molar-refractivity contribution >= 4 is 5.97 Å². The molecule has 2 aliphatic heterocycles. The Balaban J connectivity index is 1.46. The number of rotatable bonds is 11. The van der Waals surface area contributed by atoms with E-state index < -0.39 is 5.97 Å². The Morgan fingerprint density at radius 3 is 2.54 bits per heavy atom. The fourth-order valence-electron chi connectivity index (χ4n) is 4.65. The number of unbranched alkanes of at least 4 members (excludes halogenated alkanes) is 3. The minimum atomic E-state index is -0.858. The van der Waals surface area contributed by atoms with Crippen LogP contribution >= 0.6 is 0 Å². The van der Waals surface area contributed by atoms with Crippen LogP contribution in [-0.4, -0.2) is 36.4 Å². The molecule has 0 spiro atoms. The molecule has 2 aliphatic rings. The lowest BCUT2D eigenvalue weighted by Gasteiger charge is -2.28. The standard InChI is InChI=1S/C22H33NO3/c1-2-3-4-5-14-23-15-19-18(20-12-13-21(19)26-20)11-8-16-6-9-17(10-7-16)22(24)25/h6-7,9-10,18-21,23H,2-5,8,11-15H2,1H3,(H,24,25)/t18-,19-,20-,21+/m0/s1. The summed E-state index contributed by atoms with van der Waals surface area (Å²) in [6.07, 6.45) is 10.7. The van der Waals surface area contributed by atoms with Crippen LogP contribution in [0.25, 0.3) is 0 Å². The van der Waals surface area contributed by atoms with Crippen LogP contribution < -0.4 is 5.32 Å². The molecule has 1 aromatic rings. The zero-order valence-corrected chi connectivity index (χ0v) is 16.0. The zero-order valence-electron chi connectivity index (χ0n) is 16.0. The highest BCUT2D eigenvalue weighted by Gasteiger charge is 2.47. The molecule has 0 amide bonds. The summed E-state index contributed by atoms with van der Waals surface area (Å²) in [5.74, 6) is 0.414. The van der Waals surface area contributed by atoms with Gasteiger partial charge in [-0.1, -0.05) is 38.3 Å². The second-order valence-corrected chi connectivity index (χ2v) is 7.92. The second-order valence-electron chi connectivity index (χ2n) is 7.92. The van der Waals surface area contributed by atoms with Gasteiger partial charge in [-0.25, -0.2) is 4.79 Å². The number of fused-ring (bicyclic) bond motifs is 2. The van der Waals surface area contributed by atoms with Crippen LogP contribution in [0.3, 0.4) is 0 Å². The van der Waals surface area contributed by atoms with Crippen molar-refractivity contribution in [2.45, 2.75) is 70.5 Å². The third-order valence-electron chi connectivity index (χ3n) is 6.14. The van der Waals surface area contributed by atoms with E-state index in [2.05, 4.69) is 12.2 Å². The Morgan fingerprint density at radius 1 is 1.12 bits per heavy atom. The molecular formula is C22H33NO3. The maximum absolute atomic E-state index is 11.0. The lowest BCUT2D eigenvalue weighted by atomic mass is 9.76. The van der Waals surface area contributed by atoms with E-state index in [9.17, 15) is 4.79 Å². The Morgan fingerprint density at radius 2 is 1.85 bits per heavy atom. The largest absolute Gasteiger partial charge is 0.478 e. The first-order chi connectivity index (χ1) is 12.7. The molecule has 4 atom stereocenters. The van der Waals surface area contributed by atoms with Gasteiger partial charge in [0.1, 0.15) is 0 Å². The van der Waals surface area contributed by atoms with E-state index in [1.165, 1.54) is 44.1 Å². The monoisotopic (exact) mass is 359 g/mol. The summed E-state index contributed by atoms with van der Waals surface area (Å²) in [6, 6.07) is 7.34. The van der Waals surface area contributed by atoms with Crippen molar-refractivity contribution in [3.8, 4) is 0 Å². The highest BCUT2D eigenvalue weighted by molar-refractivity contribution is 5.87. The maximum atomic E-state index is 11.0. The molecule has 2 N–H and O–H groups in total. The predicted octanol–water partition coefficient (Wildman–Crippen LogP) is 4.28. The van der Waals surface area contributed by atoms with Crippen LogP contribution in [0.2, 0.25) is 0 Å². The molecule has 2 bridgehead atoms. The molecule has 1 aromatic carbocycles. The predicted molar refractivity (Wildman–Crippen MR) is 104 cm³/mol. The molecular weight excluding hydrogens is 326 g/mol. The number of benzene rings is 1. The third kappa shape index (κ3) is 4.86. The summed E-state index contributed by atoms with van der Waals surface area (Å²) in [4.78, 5) is 11.0. The normalized spacial score (nSPS) is 27.1. The van der Waals surface area contributed by atoms with Crippen molar-refractivity contribution in [2.24, 2.45) is 11.8 Å². The van der Waals surface area contributed by atoms with E-state index in [1.807, 2.05) is 12.1 Å². The Hall–Kier alpha value is -1.39. The Labute approximate surface area is 157 Å². The van der Waals surface area contributed by atoms with Gasteiger partial charge < -0.3 is 15.2 Å². The summed E-state index contributed by atoms with van der Waals surface area (Å²) in [7, 11) is 0. The molecule has 0 aromatic heterocycles. The van der Waals surface area contributed by atoms with Crippen LogP contribution in [0.15, 0.2) is 24.3 Å². The van der Waals surface area contributed by atoms with Gasteiger partial charge >= 0.3 is 5.97 Å². The highest BCUT2D eigenvalue weighted by Crippen LogP contribution is 2.45. The van der Waals surface area contributed by atoms with Crippen molar-refractivity contribution in [1.82, 2.24) is 5.32 Å². The number of aryl methyl sites for hydroxylation is 1. The molecule has 144 valence electrons. The SMILES string of the molecule is CCCCCCNC[C@H]1[C@H](CCc2ccc(C(=O)O)cc2)[C@@H]2CC[C@H]1O2. The zero-order chi connectivity index (χ0) is 18.4. The fraction of sp³-hybridized carbons (Fsp3) is 0.682. The second kappa shape index (κ2) is 9.52. The van der Waals surface area contributed by atoms with Crippen LogP contribution in [0.4, 0.5) is 0 Å². The van der Waals surface area contributed by atoms with Crippen molar-refractivity contribution in [2.75, 3.05) is 13.1 Å². The molecule has 0 saturated carbocycles. The van der Waals surface area contributed by atoms with E-state index >= 15 is 0 Å². The Kier molecular flexibility index (Phi) is 7.09. The number of nitrogens with one attached hydrogen (secondary N) is 1. The average Bonchev–Trinajstić information content (AvgIpc) is 3.25. The number of ether oxygens (including phenoxy) is 1. The lowest BCUT2D eigenvalue weighted by molar-refractivity contribution is 0.0697. The minimum absolute atomic E-state index is 0.363. The maximum Gasteiger partial charge on any atom is 0.335 e. The molecule has 3 rings (SSSR count). The molecule has 2 saturated heterocycles. The number of carbonyl (C=O) groups is 1. The summed E-state index contributed by atoms with van der Waals surface area (Å²) in [5.41, 5.74) is 1.59. The van der Waals surface area contributed by atoms with Gasteiger partial charge in [0.2, 0.25) is 0 Å². The molecule has 0 unspecified atom stereocenters. The minimum Gasteiger partial charge on any atom is -0.478 e. The van der Waals surface area contributed by atoms with E-state index in [0.717, 1.165) is 25.9 Å². The summed E-state index contributed by atoms with van der Waals surface area (Å²) >= 11 is 0. The number of aromatic carboxylic acids is 1. The van der Waals surface area contributed by atoms with Crippen LogP contribution in [0.5, 0.6) is 0 Å². The van der Waals surface area contributed by atoms with Gasteiger partial charge in [-0.15, -0.1) is 0 Å². The highest BCUT2D eigenvalue weighted by atomic mass is 16.5. The molecule has 4 nitrogen and oxygen atoms in total. The van der Waals surface area contributed by atoms with E-state index in [1.54, 1.807) is 12.1 Å². The smallest absolute Gasteiger partial charge is 0.335 e. The van der Waals surface area contributed by atoms with Gasteiger partial charge in [0.15, 0.2) is 0 Å². The molecule has 0 radical (unpaired) electrons. The van der Waals surface area contributed by atoms with Gasteiger partial charge in [0.25, 0.3) is 0 Å². The number of carboxylic acid groups (broad SMARTS) is 1. The van der Waals surface area contributed by atoms with Gasteiger partial charge in [-0.3, -0.25) is 0 Å². The van der Waals surface area contributed by atoms with Crippen molar-refractivity contribution < 1.29 is 14.6 Å². The van der Waals surface area contributed by atoms with Crippen molar-refractivity contribution in [1.29, 1.82) is 0 Å². The first kappa shape index (κ1) is 19.4. The van der Waals surface area contributed by atoms with Crippen LogP contribution in [0.1, 0.15) is 67.8 Å². The van der Waals surface area contributed by atoms with Crippen LogP contribution in [0, 0.1) is 11.8 Å². The fourth-order valence-corrected chi connectivity index (χ4v) is 4.65. The topological polar surface area (TPSA) is 58.6 Å². The quantitative estimate of drug-likeness (QED) is 0.579. The first-order valence-corrected chi connectivity index (χ1v) is 10.4. The number of hydrogen-bond acceptors (Lipinski definition) is 3. The van der Waals surface area contributed by atoms with Gasteiger partial charge in [-0.2, -0.15) is 0 Å². The van der Waals surface area contributed by atoms with Crippen LogP contribution in [-0.2, 0) is 11.2 Å².